The standard InChI is InChI=1S/C11H13N3.C9H18.C8H14O/c1-8-12-10-7-5-4-6-9(10)11(13-8)14(2)3;1-3-9-6-4-8(2)5-7-9;1-7(9)8-5-3-2-4-6-8/h4-7H,1-3H3;8-9H,3-7H2,1-2H3;8H,2-6H2,1H3. The summed E-state index contributed by atoms with van der Waals surface area (Å²) in [6.45, 7) is 8.34. The van der Waals surface area contributed by atoms with Gasteiger partial charge in [0.05, 0.1) is 5.52 Å². The smallest absolute Gasteiger partial charge is 0.139 e. The third kappa shape index (κ3) is 8.52. The summed E-state index contributed by atoms with van der Waals surface area (Å²) in [5.41, 5.74) is 1.00. The van der Waals surface area contributed by atoms with Gasteiger partial charge in [0.2, 0.25) is 0 Å². The molecule has 2 aliphatic carbocycles. The van der Waals surface area contributed by atoms with Crippen molar-refractivity contribution in [3.8, 4) is 0 Å². The van der Waals surface area contributed by atoms with Crippen LogP contribution in [0.5, 0.6) is 0 Å². The molecule has 178 valence electrons. The van der Waals surface area contributed by atoms with E-state index in [1.54, 1.807) is 6.92 Å². The lowest BCUT2D eigenvalue weighted by Crippen LogP contribution is -2.13. The number of carbonyl (C=O) groups excluding carboxylic acids is 1. The molecule has 2 aromatic rings. The van der Waals surface area contributed by atoms with Gasteiger partial charge in [0, 0.05) is 25.4 Å². The van der Waals surface area contributed by atoms with Gasteiger partial charge in [0.25, 0.3) is 0 Å². The highest BCUT2D eigenvalue weighted by Crippen LogP contribution is 2.29. The second-order valence-electron chi connectivity index (χ2n) is 9.99. The van der Waals surface area contributed by atoms with Crippen molar-refractivity contribution in [1.29, 1.82) is 0 Å². The molecule has 4 heteroatoms. The predicted molar refractivity (Wildman–Crippen MR) is 137 cm³/mol. The molecule has 0 unspecified atom stereocenters. The Morgan fingerprint density at radius 3 is 2.12 bits per heavy atom. The number of Topliss-reactive ketones (excluding diaryl/α,β-unsaturated/α-hetero) is 1. The van der Waals surface area contributed by atoms with Crippen LogP contribution in [-0.2, 0) is 4.79 Å². The lowest BCUT2D eigenvalue weighted by molar-refractivity contribution is -0.121. The zero-order valence-corrected chi connectivity index (χ0v) is 21.4. The monoisotopic (exact) mass is 439 g/mol. The van der Waals surface area contributed by atoms with Crippen LogP contribution in [0.15, 0.2) is 24.3 Å². The molecule has 4 nitrogen and oxygen atoms in total. The predicted octanol–water partition coefficient (Wildman–Crippen LogP) is 7.38. The molecule has 0 N–H and O–H groups in total. The SMILES string of the molecule is CC(=O)C1CCCCC1.CCC1CCC(C)CC1.Cc1nc(N(C)C)c2ccccc2n1. The molecule has 0 amide bonds. The average Bonchev–Trinajstić information content (AvgIpc) is 2.80. The number of carbonyl (C=O) groups is 1. The lowest BCUT2D eigenvalue weighted by atomic mass is 9.82. The first-order valence-corrected chi connectivity index (χ1v) is 12.7. The molecular formula is C28H45N3O. The van der Waals surface area contributed by atoms with E-state index in [-0.39, 0.29) is 0 Å². The van der Waals surface area contributed by atoms with E-state index in [4.69, 9.17) is 0 Å². The van der Waals surface area contributed by atoms with Crippen molar-refractivity contribution in [2.24, 2.45) is 17.8 Å². The van der Waals surface area contributed by atoms with Gasteiger partial charge in [-0.05, 0) is 50.7 Å². The van der Waals surface area contributed by atoms with Crippen molar-refractivity contribution in [1.82, 2.24) is 9.97 Å². The number of para-hydroxylation sites is 1. The molecule has 1 aromatic heterocycles. The first-order valence-electron chi connectivity index (χ1n) is 12.7. The van der Waals surface area contributed by atoms with Gasteiger partial charge < -0.3 is 4.90 Å². The fourth-order valence-corrected chi connectivity index (χ4v) is 4.76. The van der Waals surface area contributed by atoms with E-state index in [1.807, 2.05) is 50.2 Å². The number of aryl methyl sites for hydroxylation is 1. The Kier molecular flexibility index (Phi) is 11.1. The van der Waals surface area contributed by atoms with E-state index in [9.17, 15) is 4.79 Å². The Morgan fingerprint density at radius 1 is 0.969 bits per heavy atom. The summed E-state index contributed by atoms with van der Waals surface area (Å²) in [6, 6.07) is 8.06. The van der Waals surface area contributed by atoms with E-state index >= 15 is 0 Å². The van der Waals surface area contributed by atoms with Gasteiger partial charge >= 0.3 is 0 Å². The van der Waals surface area contributed by atoms with Crippen molar-refractivity contribution >= 4 is 22.5 Å². The largest absolute Gasteiger partial charge is 0.362 e. The maximum absolute atomic E-state index is 10.8. The number of benzene rings is 1. The number of nitrogens with zero attached hydrogens (tertiary/aromatic N) is 3. The maximum Gasteiger partial charge on any atom is 0.139 e. The second-order valence-corrected chi connectivity index (χ2v) is 9.99. The van der Waals surface area contributed by atoms with Crippen molar-refractivity contribution in [3.63, 3.8) is 0 Å². The number of anilines is 1. The van der Waals surface area contributed by atoms with Gasteiger partial charge in [-0.2, -0.15) is 0 Å². The van der Waals surface area contributed by atoms with Gasteiger partial charge in [0.15, 0.2) is 0 Å². The molecule has 2 saturated carbocycles. The number of ketones is 1. The van der Waals surface area contributed by atoms with Gasteiger partial charge in [-0.25, -0.2) is 9.97 Å². The number of hydrogen-bond acceptors (Lipinski definition) is 4. The van der Waals surface area contributed by atoms with Crippen molar-refractivity contribution < 1.29 is 4.79 Å². The van der Waals surface area contributed by atoms with Crippen LogP contribution in [-0.4, -0.2) is 29.8 Å². The minimum absolute atomic E-state index is 0.398. The fraction of sp³-hybridized carbons (Fsp3) is 0.679. The van der Waals surface area contributed by atoms with Crippen molar-refractivity contribution in [2.75, 3.05) is 19.0 Å². The quantitative estimate of drug-likeness (QED) is 0.500. The summed E-state index contributed by atoms with van der Waals surface area (Å²) in [5, 5.41) is 1.10. The van der Waals surface area contributed by atoms with Crippen molar-refractivity contribution in [3.05, 3.63) is 30.1 Å². The first kappa shape index (κ1) is 26.3. The zero-order chi connectivity index (χ0) is 23.5. The summed E-state index contributed by atoms with van der Waals surface area (Å²) in [7, 11) is 3.99. The highest BCUT2D eigenvalue weighted by atomic mass is 16.1. The Morgan fingerprint density at radius 2 is 1.59 bits per heavy atom. The summed E-state index contributed by atoms with van der Waals surface area (Å²) >= 11 is 0. The van der Waals surface area contributed by atoms with Crippen molar-refractivity contribution in [2.45, 2.75) is 91.9 Å². The molecule has 4 rings (SSSR count). The normalized spacial score (nSPS) is 21.1. The topological polar surface area (TPSA) is 46.1 Å². The van der Waals surface area contributed by atoms with Crippen LogP contribution < -0.4 is 4.90 Å². The van der Waals surface area contributed by atoms with Gasteiger partial charge in [0.1, 0.15) is 17.4 Å². The Balaban J connectivity index is 0.000000178. The zero-order valence-electron chi connectivity index (χ0n) is 21.4. The molecule has 0 aliphatic heterocycles. The van der Waals surface area contributed by atoms with Crippen LogP contribution in [0.1, 0.15) is 90.8 Å². The van der Waals surface area contributed by atoms with Gasteiger partial charge in [-0.3, -0.25) is 4.79 Å². The minimum atomic E-state index is 0.398. The third-order valence-corrected chi connectivity index (χ3v) is 7.01. The second kappa shape index (κ2) is 13.5. The summed E-state index contributed by atoms with van der Waals surface area (Å²) in [4.78, 5) is 21.6. The minimum Gasteiger partial charge on any atom is -0.362 e. The molecule has 0 bridgehead atoms. The highest BCUT2D eigenvalue weighted by molar-refractivity contribution is 5.89. The molecule has 0 radical (unpaired) electrons. The van der Waals surface area contributed by atoms with Crippen LogP contribution in [0.3, 0.4) is 0 Å². The lowest BCUT2D eigenvalue weighted by Gasteiger charge is -2.24. The first-order chi connectivity index (χ1) is 15.3. The maximum atomic E-state index is 10.8. The van der Waals surface area contributed by atoms with Crippen LogP contribution in [0.25, 0.3) is 10.9 Å². The molecule has 0 atom stereocenters. The molecule has 1 aromatic carbocycles. The number of aromatic nitrogens is 2. The van der Waals surface area contributed by atoms with Crippen LogP contribution in [0, 0.1) is 24.7 Å². The van der Waals surface area contributed by atoms with E-state index in [2.05, 4.69) is 23.8 Å². The molecule has 1 heterocycles. The Labute approximate surface area is 196 Å². The van der Waals surface area contributed by atoms with E-state index < -0.39 is 0 Å². The fourth-order valence-electron chi connectivity index (χ4n) is 4.76. The number of hydrogen-bond donors (Lipinski definition) is 0. The molecule has 0 spiro atoms. The molecule has 32 heavy (non-hydrogen) atoms. The molecule has 2 aliphatic rings. The van der Waals surface area contributed by atoms with E-state index in [0.29, 0.717) is 11.7 Å². The Bertz CT molecular complexity index is 819. The van der Waals surface area contributed by atoms with Gasteiger partial charge in [-0.15, -0.1) is 0 Å². The van der Waals surface area contributed by atoms with Crippen LogP contribution in [0.4, 0.5) is 5.82 Å². The number of rotatable bonds is 3. The molecule has 2 fully saturated rings. The third-order valence-electron chi connectivity index (χ3n) is 7.01. The van der Waals surface area contributed by atoms with Crippen LogP contribution in [0.2, 0.25) is 0 Å². The average molecular weight is 440 g/mol. The highest BCUT2D eigenvalue weighted by Gasteiger charge is 2.17. The summed E-state index contributed by atoms with van der Waals surface area (Å²) in [6.07, 6.45) is 13.5. The van der Waals surface area contributed by atoms with Crippen LogP contribution >= 0.6 is 0 Å². The van der Waals surface area contributed by atoms with E-state index in [0.717, 1.165) is 47.2 Å². The molecular weight excluding hydrogens is 394 g/mol. The summed E-state index contributed by atoms with van der Waals surface area (Å²) in [5.74, 6) is 4.70. The number of fused-ring (bicyclic) bond motifs is 1. The molecule has 0 saturated heterocycles. The van der Waals surface area contributed by atoms with E-state index in [1.165, 1.54) is 51.4 Å². The summed E-state index contributed by atoms with van der Waals surface area (Å²) < 4.78 is 0. The Hall–Kier alpha value is -1.97. The van der Waals surface area contributed by atoms with Gasteiger partial charge in [-0.1, -0.05) is 77.3 Å².